The summed E-state index contributed by atoms with van der Waals surface area (Å²) in [6.45, 7) is 5.74. The van der Waals surface area contributed by atoms with Crippen LogP contribution < -0.4 is 5.32 Å². The average Bonchev–Trinajstić information content (AvgIpc) is 2.65. The van der Waals surface area contributed by atoms with E-state index in [1.807, 2.05) is 26.8 Å². The zero-order valence-corrected chi connectivity index (χ0v) is 11.7. The van der Waals surface area contributed by atoms with Gasteiger partial charge in [0.25, 0.3) is 0 Å². The number of furan rings is 1. The van der Waals surface area contributed by atoms with Crippen LogP contribution in [0.4, 0.5) is 4.79 Å². The molecule has 0 aliphatic rings. The molecule has 0 saturated carbocycles. The summed E-state index contributed by atoms with van der Waals surface area (Å²) in [4.78, 5) is 23.6. The van der Waals surface area contributed by atoms with Crippen molar-refractivity contribution in [3.8, 4) is 0 Å². The number of carbonyl (C=O) groups is 2. The highest BCUT2D eigenvalue weighted by molar-refractivity contribution is 5.75. The first-order valence-corrected chi connectivity index (χ1v) is 6.11. The number of hydrogen-bond acceptors (Lipinski definition) is 3. The van der Waals surface area contributed by atoms with Crippen molar-refractivity contribution in [1.29, 1.82) is 0 Å². The van der Waals surface area contributed by atoms with E-state index in [4.69, 9.17) is 9.52 Å². The number of nitrogens with one attached hydrogen (secondary N) is 1. The van der Waals surface area contributed by atoms with Crippen molar-refractivity contribution < 1.29 is 19.1 Å². The van der Waals surface area contributed by atoms with E-state index in [2.05, 4.69) is 5.32 Å². The van der Waals surface area contributed by atoms with Gasteiger partial charge in [0.1, 0.15) is 11.5 Å². The second-order valence-corrected chi connectivity index (χ2v) is 4.61. The van der Waals surface area contributed by atoms with Gasteiger partial charge < -0.3 is 19.7 Å². The Balaban J connectivity index is 2.56. The van der Waals surface area contributed by atoms with Crippen molar-refractivity contribution in [2.75, 3.05) is 13.6 Å². The fraction of sp³-hybridized carbons (Fsp3) is 0.538. The predicted molar refractivity (Wildman–Crippen MR) is 70.0 cm³/mol. The molecule has 2 amide bonds. The van der Waals surface area contributed by atoms with Crippen molar-refractivity contribution in [3.63, 3.8) is 0 Å². The maximum absolute atomic E-state index is 11.8. The molecular weight excluding hydrogens is 248 g/mol. The number of rotatable bonds is 5. The Labute approximate surface area is 112 Å². The summed E-state index contributed by atoms with van der Waals surface area (Å²) in [6.07, 6.45) is -0.0673. The van der Waals surface area contributed by atoms with E-state index < -0.39 is 5.97 Å². The second-order valence-electron chi connectivity index (χ2n) is 4.61. The fourth-order valence-electron chi connectivity index (χ4n) is 1.82. The summed E-state index contributed by atoms with van der Waals surface area (Å²) in [5.74, 6) is 0.653. The summed E-state index contributed by atoms with van der Waals surface area (Å²) in [5, 5.41) is 11.4. The van der Waals surface area contributed by atoms with Gasteiger partial charge in [-0.1, -0.05) is 0 Å². The molecule has 0 radical (unpaired) electrons. The Morgan fingerprint density at radius 1 is 1.47 bits per heavy atom. The molecule has 6 nitrogen and oxygen atoms in total. The number of carboxylic acids is 1. The molecule has 0 fully saturated rings. The molecule has 0 aliphatic carbocycles. The first-order valence-electron chi connectivity index (χ1n) is 6.11. The van der Waals surface area contributed by atoms with E-state index in [0.717, 1.165) is 17.1 Å². The molecule has 6 heteroatoms. The van der Waals surface area contributed by atoms with Gasteiger partial charge in [0.15, 0.2) is 0 Å². The predicted octanol–water partition coefficient (Wildman–Crippen LogP) is 2.07. The number of aliphatic carboxylic acids is 1. The Hall–Kier alpha value is -1.98. The number of hydrogen-bond donors (Lipinski definition) is 2. The van der Waals surface area contributed by atoms with Gasteiger partial charge in [0.05, 0.1) is 12.5 Å². The Kier molecular flexibility index (Phi) is 4.97. The number of urea groups is 1. The lowest BCUT2D eigenvalue weighted by Crippen LogP contribution is -2.39. The zero-order valence-electron chi connectivity index (χ0n) is 11.7. The molecule has 0 aromatic carbocycles. The van der Waals surface area contributed by atoms with Crippen LogP contribution in [0.3, 0.4) is 0 Å². The quantitative estimate of drug-likeness (QED) is 0.856. The SMILES string of the molecule is Cc1cc(C(C)NC(=O)N(C)CCC(=O)O)c(C)o1. The first kappa shape index (κ1) is 15.1. The maximum atomic E-state index is 11.8. The zero-order chi connectivity index (χ0) is 14.6. The number of amides is 2. The van der Waals surface area contributed by atoms with Gasteiger partial charge in [0, 0.05) is 19.2 Å². The van der Waals surface area contributed by atoms with Crippen molar-refractivity contribution in [2.45, 2.75) is 33.2 Å². The molecule has 1 unspecified atom stereocenters. The minimum absolute atomic E-state index is 0.0673. The summed E-state index contributed by atoms with van der Waals surface area (Å²) in [6, 6.07) is 1.40. The Morgan fingerprint density at radius 3 is 2.58 bits per heavy atom. The smallest absolute Gasteiger partial charge is 0.317 e. The van der Waals surface area contributed by atoms with E-state index >= 15 is 0 Å². The van der Waals surface area contributed by atoms with E-state index in [1.165, 1.54) is 4.90 Å². The summed E-state index contributed by atoms with van der Waals surface area (Å²) in [5.41, 5.74) is 0.928. The van der Waals surface area contributed by atoms with Gasteiger partial charge >= 0.3 is 12.0 Å². The third-order valence-corrected chi connectivity index (χ3v) is 2.89. The number of carbonyl (C=O) groups excluding carboxylic acids is 1. The normalized spacial score (nSPS) is 12.0. The maximum Gasteiger partial charge on any atom is 0.317 e. The molecule has 106 valence electrons. The summed E-state index contributed by atoms with van der Waals surface area (Å²) in [7, 11) is 1.57. The first-order chi connectivity index (χ1) is 8.81. The summed E-state index contributed by atoms with van der Waals surface area (Å²) >= 11 is 0. The molecule has 1 aromatic rings. The lowest BCUT2D eigenvalue weighted by molar-refractivity contribution is -0.137. The Morgan fingerprint density at radius 2 is 2.11 bits per heavy atom. The van der Waals surface area contributed by atoms with Gasteiger partial charge in [-0.2, -0.15) is 0 Å². The third kappa shape index (κ3) is 4.31. The highest BCUT2D eigenvalue weighted by Gasteiger charge is 2.17. The van der Waals surface area contributed by atoms with Gasteiger partial charge in [0.2, 0.25) is 0 Å². The van der Waals surface area contributed by atoms with E-state index in [-0.39, 0.29) is 25.0 Å². The molecule has 2 N–H and O–H groups in total. The van der Waals surface area contributed by atoms with Gasteiger partial charge in [-0.3, -0.25) is 4.79 Å². The molecule has 1 rings (SSSR count). The van der Waals surface area contributed by atoms with E-state index in [0.29, 0.717) is 0 Å². The monoisotopic (exact) mass is 268 g/mol. The summed E-state index contributed by atoms with van der Waals surface area (Å²) < 4.78 is 5.41. The number of carboxylic acid groups (broad SMARTS) is 1. The van der Waals surface area contributed by atoms with Crippen LogP contribution in [0.5, 0.6) is 0 Å². The Bertz CT molecular complexity index is 467. The highest BCUT2D eigenvalue weighted by Crippen LogP contribution is 2.21. The van der Waals surface area contributed by atoms with Crippen LogP contribution in [0.1, 0.15) is 36.5 Å². The third-order valence-electron chi connectivity index (χ3n) is 2.89. The fourth-order valence-corrected chi connectivity index (χ4v) is 1.82. The molecule has 0 aliphatic heterocycles. The van der Waals surface area contributed by atoms with Crippen LogP contribution in [-0.2, 0) is 4.79 Å². The van der Waals surface area contributed by atoms with Gasteiger partial charge in [-0.05, 0) is 26.8 Å². The van der Waals surface area contributed by atoms with Gasteiger partial charge in [-0.25, -0.2) is 4.79 Å². The molecule has 1 atom stereocenters. The minimum Gasteiger partial charge on any atom is -0.481 e. The van der Waals surface area contributed by atoms with Crippen LogP contribution in [0.25, 0.3) is 0 Å². The van der Waals surface area contributed by atoms with Crippen LogP contribution >= 0.6 is 0 Å². The second kappa shape index (κ2) is 6.26. The van der Waals surface area contributed by atoms with E-state index in [1.54, 1.807) is 7.05 Å². The molecule has 0 saturated heterocycles. The lowest BCUT2D eigenvalue weighted by Gasteiger charge is -2.20. The van der Waals surface area contributed by atoms with Crippen LogP contribution in [0.15, 0.2) is 10.5 Å². The topological polar surface area (TPSA) is 82.8 Å². The van der Waals surface area contributed by atoms with Crippen LogP contribution in [0.2, 0.25) is 0 Å². The van der Waals surface area contributed by atoms with Crippen molar-refractivity contribution >= 4 is 12.0 Å². The molecule has 0 bridgehead atoms. The average molecular weight is 268 g/mol. The van der Waals surface area contributed by atoms with Crippen LogP contribution in [-0.4, -0.2) is 35.6 Å². The van der Waals surface area contributed by atoms with Crippen molar-refractivity contribution in [1.82, 2.24) is 10.2 Å². The van der Waals surface area contributed by atoms with E-state index in [9.17, 15) is 9.59 Å². The molecule has 19 heavy (non-hydrogen) atoms. The van der Waals surface area contributed by atoms with Crippen molar-refractivity contribution in [2.24, 2.45) is 0 Å². The number of nitrogens with zero attached hydrogens (tertiary/aromatic N) is 1. The molecular formula is C13H20N2O4. The standard InChI is InChI=1S/C13H20N2O4/c1-8-7-11(10(3)19-8)9(2)14-13(18)15(4)6-5-12(16)17/h7,9H,5-6H2,1-4H3,(H,14,18)(H,16,17). The molecule has 0 spiro atoms. The molecule has 1 aromatic heterocycles. The van der Waals surface area contributed by atoms with Crippen LogP contribution in [0, 0.1) is 13.8 Å². The number of aryl methyl sites for hydroxylation is 2. The minimum atomic E-state index is -0.922. The molecule has 1 heterocycles. The highest BCUT2D eigenvalue weighted by atomic mass is 16.4. The largest absolute Gasteiger partial charge is 0.481 e. The van der Waals surface area contributed by atoms with Crippen molar-refractivity contribution in [3.05, 3.63) is 23.2 Å². The lowest BCUT2D eigenvalue weighted by atomic mass is 10.1. The van der Waals surface area contributed by atoms with Gasteiger partial charge in [-0.15, -0.1) is 0 Å².